The molecule has 0 saturated carbocycles. The third-order valence-corrected chi connectivity index (χ3v) is 4.68. The van der Waals surface area contributed by atoms with E-state index in [1.54, 1.807) is 19.4 Å². The molecule has 144 valence electrons. The van der Waals surface area contributed by atoms with Crippen LogP contribution in [0.3, 0.4) is 0 Å². The van der Waals surface area contributed by atoms with Crippen molar-refractivity contribution in [1.82, 2.24) is 10.3 Å². The van der Waals surface area contributed by atoms with Crippen LogP contribution in [0.1, 0.15) is 21.6 Å². The molecule has 0 bridgehead atoms. The Bertz CT molecular complexity index is 929. The number of amides is 1. The molecule has 2 aromatic carbocycles. The first-order valence-corrected chi connectivity index (χ1v) is 9.38. The second-order valence-electron chi connectivity index (χ2n) is 6.19. The van der Waals surface area contributed by atoms with Gasteiger partial charge in [0.05, 0.1) is 19.0 Å². The van der Waals surface area contributed by atoms with Crippen molar-refractivity contribution in [3.8, 4) is 5.75 Å². The highest BCUT2D eigenvalue weighted by atomic mass is 35.5. The van der Waals surface area contributed by atoms with Gasteiger partial charge < -0.3 is 15.4 Å². The van der Waals surface area contributed by atoms with Gasteiger partial charge in [0, 0.05) is 18.1 Å². The number of nitrogens with one attached hydrogen (secondary N) is 2. The first-order chi connectivity index (χ1) is 13.7. The van der Waals surface area contributed by atoms with Crippen molar-refractivity contribution in [3.05, 3.63) is 88.7 Å². The van der Waals surface area contributed by atoms with E-state index in [0.717, 1.165) is 22.6 Å². The van der Waals surface area contributed by atoms with Crippen LogP contribution in [0.4, 0.5) is 5.69 Å². The molecule has 0 atom stereocenters. The summed E-state index contributed by atoms with van der Waals surface area (Å²) in [4.78, 5) is 16.5. The van der Waals surface area contributed by atoms with Crippen LogP contribution in [-0.2, 0) is 13.0 Å². The second-order valence-corrected chi connectivity index (χ2v) is 6.60. The van der Waals surface area contributed by atoms with Crippen molar-refractivity contribution >= 4 is 23.2 Å². The number of rotatable bonds is 8. The minimum absolute atomic E-state index is 0.201. The number of halogens is 1. The number of hydrogen-bond acceptors (Lipinski definition) is 4. The molecule has 0 aliphatic carbocycles. The molecule has 3 rings (SSSR count). The lowest BCUT2D eigenvalue weighted by Crippen LogP contribution is -2.26. The summed E-state index contributed by atoms with van der Waals surface area (Å²) in [5, 5.41) is 6.86. The standard InChI is InChI=1S/C22H22ClN3O2/c1-28-21-9-5-3-6-16(21)12-13-24-22(27)20-11-10-18(15-26-20)25-14-17-7-2-4-8-19(17)23/h2-11,15,25H,12-14H2,1H3,(H,24,27). The zero-order chi connectivity index (χ0) is 19.8. The number of nitrogens with zero attached hydrogens (tertiary/aromatic N) is 1. The van der Waals surface area contributed by atoms with Gasteiger partial charge in [-0.3, -0.25) is 4.79 Å². The van der Waals surface area contributed by atoms with Crippen molar-refractivity contribution < 1.29 is 9.53 Å². The molecule has 5 nitrogen and oxygen atoms in total. The maximum absolute atomic E-state index is 12.3. The number of carbonyl (C=O) groups is 1. The maximum Gasteiger partial charge on any atom is 0.269 e. The Labute approximate surface area is 169 Å². The van der Waals surface area contributed by atoms with Gasteiger partial charge in [-0.15, -0.1) is 0 Å². The van der Waals surface area contributed by atoms with Crippen LogP contribution in [0.25, 0.3) is 0 Å². The van der Waals surface area contributed by atoms with Crippen LogP contribution in [0.15, 0.2) is 66.9 Å². The number of carbonyl (C=O) groups excluding carboxylic acids is 1. The molecule has 0 spiro atoms. The molecule has 0 unspecified atom stereocenters. The predicted octanol–water partition coefficient (Wildman–Crippen LogP) is 4.33. The highest BCUT2D eigenvalue weighted by Crippen LogP contribution is 2.18. The zero-order valence-electron chi connectivity index (χ0n) is 15.6. The number of ether oxygens (including phenoxy) is 1. The summed E-state index contributed by atoms with van der Waals surface area (Å²) in [6.45, 7) is 1.10. The average molecular weight is 396 g/mol. The summed E-state index contributed by atoms with van der Waals surface area (Å²) < 4.78 is 5.32. The summed E-state index contributed by atoms with van der Waals surface area (Å²) in [5.74, 6) is 0.622. The lowest BCUT2D eigenvalue weighted by molar-refractivity contribution is 0.0949. The molecule has 0 radical (unpaired) electrons. The highest BCUT2D eigenvalue weighted by molar-refractivity contribution is 6.31. The third-order valence-electron chi connectivity index (χ3n) is 4.31. The van der Waals surface area contributed by atoms with Gasteiger partial charge in [0.1, 0.15) is 11.4 Å². The van der Waals surface area contributed by atoms with Gasteiger partial charge in [0.2, 0.25) is 0 Å². The Morgan fingerprint density at radius 2 is 1.79 bits per heavy atom. The van der Waals surface area contributed by atoms with Crippen LogP contribution in [0, 0.1) is 0 Å². The van der Waals surface area contributed by atoms with E-state index in [9.17, 15) is 4.79 Å². The van der Waals surface area contributed by atoms with Gasteiger partial charge in [-0.2, -0.15) is 0 Å². The Balaban J connectivity index is 1.50. The lowest BCUT2D eigenvalue weighted by Gasteiger charge is -2.10. The van der Waals surface area contributed by atoms with Crippen molar-refractivity contribution in [2.24, 2.45) is 0 Å². The van der Waals surface area contributed by atoms with Crippen LogP contribution < -0.4 is 15.4 Å². The molecule has 1 heterocycles. The smallest absolute Gasteiger partial charge is 0.269 e. The fourth-order valence-corrected chi connectivity index (χ4v) is 2.99. The molecule has 6 heteroatoms. The molecule has 0 aliphatic rings. The van der Waals surface area contributed by atoms with E-state index >= 15 is 0 Å². The number of methoxy groups -OCH3 is 1. The van der Waals surface area contributed by atoms with Crippen molar-refractivity contribution in [3.63, 3.8) is 0 Å². The molecule has 2 N–H and O–H groups in total. The Morgan fingerprint density at radius 1 is 1.04 bits per heavy atom. The summed E-state index contributed by atoms with van der Waals surface area (Å²) in [6, 6.07) is 19.0. The normalized spacial score (nSPS) is 10.4. The number of benzene rings is 2. The third kappa shape index (κ3) is 5.24. The number of pyridine rings is 1. The van der Waals surface area contributed by atoms with Gasteiger partial charge in [0.15, 0.2) is 0 Å². The second kappa shape index (κ2) is 9.76. The van der Waals surface area contributed by atoms with Crippen LogP contribution in [0.2, 0.25) is 5.02 Å². The highest BCUT2D eigenvalue weighted by Gasteiger charge is 2.08. The van der Waals surface area contributed by atoms with Crippen molar-refractivity contribution in [2.45, 2.75) is 13.0 Å². The minimum Gasteiger partial charge on any atom is -0.496 e. The quantitative estimate of drug-likeness (QED) is 0.596. The molecule has 0 saturated heterocycles. The number of aromatic nitrogens is 1. The van der Waals surface area contributed by atoms with E-state index < -0.39 is 0 Å². The summed E-state index contributed by atoms with van der Waals surface area (Å²) in [7, 11) is 1.64. The largest absolute Gasteiger partial charge is 0.496 e. The first-order valence-electron chi connectivity index (χ1n) is 9.01. The molecular weight excluding hydrogens is 374 g/mol. The van der Waals surface area contributed by atoms with Gasteiger partial charge in [-0.25, -0.2) is 4.98 Å². The molecule has 0 aliphatic heterocycles. The van der Waals surface area contributed by atoms with Gasteiger partial charge >= 0.3 is 0 Å². The fourth-order valence-electron chi connectivity index (χ4n) is 2.78. The van der Waals surface area contributed by atoms with Crippen molar-refractivity contribution in [2.75, 3.05) is 19.0 Å². The predicted molar refractivity (Wildman–Crippen MR) is 112 cm³/mol. The Morgan fingerprint density at radius 3 is 2.50 bits per heavy atom. The molecule has 0 fully saturated rings. The van der Waals surface area contributed by atoms with E-state index in [0.29, 0.717) is 30.2 Å². The first kappa shape index (κ1) is 19.7. The summed E-state index contributed by atoms with van der Waals surface area (Å²) in [6.07, 6.45) is 2.33. The molecule has 3 aromatic rings. The molecular formula is C22H22ClN3O2. The SMILES string of the molecule is COc1ccccc1CCNC(=O)c1ccc(NCc2ccccc2Cl)cn1. The zero-order valence-corrected chi connectivity index (χ0v) is 16.4. The van der Waals surface area contributed by atoms with E-state index in [1.165, 1.54) is 0 Å². The molecule has 28 heavy (non-hydrogen) atoms. The molecule has 1 aromatic heterocycles. The average Bonchev–Trinajstić information content (AvgIpc) is 2.74. The Hall–Kier alpha value is -3.05. The monoisotopic (exact) mass is 395 g/mol. The number of hydrogen-bond donors (Lipinski definition) is 2. The van der Waals surface area contributed by atoms with E-state index in [4.69, 9.17) is 16.3 Å². The molecule has 1 amide bonds. The number of anilines is 1. The van der Waals surface area contributed by atoms with Crippen LogP contribution in [-0.4, -0.2) is 24.5 Å². The van der Waals surface area contributed by atoms with E-state index in [2.05, 4.69) is 15.6 Å². The minimum atomic E-state index is -0.201. The van der Waals surface area contributed by atoms with E-state index in [1.807, 2.05) is 54.6 Å². The number of para-hydroxylation sites is 1. The lowest BCUT2D eigenvalue weighted by atomic mass is 10.1. The van der Waals surface area contributed by atoms with Crippen LogP contribution in [0.5, 0.6) is 5.75 Å². The topological polar surface area (TPSA) is 63.2 Å². The van der Waals surface area contributed by atoms with Crippen molar-refractivity contribution in [1.29, 1.82) is 0 Å². The van der Waals surface area contributed by atoms with Gasteiger partial charge in [-0.1, -0.05) is 48.0 Å². The fraction of sp³-hybridized carbons (Fsp3) is 0.182. The van der Waals surface area contributed by atoms with Crippen LogP contribution >= 0.6 is 11.6 Å². The Kier molecular flexibility index (Phi) is 6.87. The maximum atomic E-state index is 12.3. The summed E-state index contributed by atoms with van der Waals surface area (Å²) in [5.41, 5.74) is 3.26. The summed E-state index contributed by atoms with van der Waals surface area (Å²) >= 11 is 6.15. The van der Waals surface area contributed by atoms with E-state index in [-0.39, 0.29) is 5.91 Å². The van der Waals surface area contributed by atoms with Gasteiger partial charge in [-0.05, 0) is 41.8 Å². The van der Waals surface area contributed by atoms with Gasteiger partial charge in [0.25, 0.3) is 5.91 Å².